The number of benzene rings is 1. The lowest BCUT2D eigenvalue weighted by molar-refractivity contribution is 0.0740. The number of nitrogens with two attached hydrogens (primary N) is 1. The molecule has 1 unspecified atom stereocenters. The topological polar surface area (TPSA) is 64.8 Å². The average molecular weight is 329 g/mol. The summed E-state index contributed by atoms with van der Waals surface area (Å²) in [5.41, 5.74) is 6.40. The number of hydrogen-bond donors (Lipinski definition) is 1. The van der Waals surface area contributed by atoms with E-state index in [1.807, 2.05) is 23.1 Å². The van der Waals surface area contributed by atoms with E-state index >= 15 is 0 Å². The van der Waals surface area contributed by atoms with Crippen LogP contribution in [0.1, 0.15) is 29.6 Å². The highest BCUT2D eigenvalue weighted by Gasteiger charge is 2.28. The van der Waals surface area contributed by atoms with Crippen molar-refractivity contribution >= 4 is 18.3 Å². The molecule has 2 N–H and O–H groups in total. The highest BCUT2D eigenvalue weighted by molar-refractivity contribution is 5.95. The van der Waals surface area contributed by atoms with Crippen LogP contribution in [0.25, 0.3) is 0 Å². The Morgan fingerprint density at radius 1 is 1.41 bits per heavy atom. The van der Waals surface area contributed by atoms with Crippen LogP contribution in [-0.4, -0.2) is 50.3 Å². The van der Waals surface area contributed by atoms with Gasteiger partial charge in [0.05, 0.1) is 6.61 Å². The van der Waals surface area contributed by atoms with Gasteiger partial charge in [0.1, 0.15) is 5.75 Å². The maximum absolute atomic E-state index is 12.5. The Morgan fingerprint density at radius 2 is 2.23 bits per heavy atom. The van der Waals surface area contributed by atoms with E-state index in [1.54, 1.807) is 13.2 Å². The molecule has 1 aliphatic heterocycles. The van der Waals surface area contributed by atoms with Crippen LogP contribution in [0.2, 0.25) is 0 Å². The van der Waals surface area contributed by atoms with Crippen LogP contribution >= 0.6 is 12.4 Å². The molecule has 0 spiro atoms. The number of likely N-dealkylation sites (tertiary alicyclic amines) is 1. The number of carbonyl (C=O) groups excluding carboxylic acids is 1. The molecule has 0 radical (unpaired) electrons. The van der Waals surface area contributed by atoms with Gasteiger partial charge in [0.25, 0.3) is 5.91 Å². The molecule has 0 aromatic heterocycles. The molecule has 1 amide bonds. The molecular weight excluding hydrogens is 304 g/mol. The molecule has 2 rings (SSSR count). The first-order valence-electron chi connectivity index (χ1n) is 7.49. The maximum atomic E-state index is 12.5. The van der Waals surface area contributed by atoms with Crippen LogP contribution in [0.4, 0.5) is 0 Å². The van der Waals surface area contributed by atoms with Crippen molar-refractivity contribution in [2.24, 2.45) is 5.73 Å². The van der Waals surface area contributed by atoms with Crippen LogP contribution in [0, 0.1) is 0 Å². The summed E-state index contributed by atoms with van der Waals surface area (Å²) in [6, 6.07) is 7.53. The highest BCUT2D eigenvalue weighted by atomic mass is 35.5. The summed E-state index contributed by atoms with van der Waals surface area (Å²) in [5.74, 6) is 0.769. The molecule has 0 aliphatic carbocycles. The van der Waals surface area contributed by atoms with E-state index in [-0.39, 0.29) is 24.4 Å². The maximum Gasteiger partial charge on any atom is 0.254 e. The third-order valence-electron chi connectivity index (χ3n) is 3.75. The molecule has 1 saturated heterocycles. The second-order valence-electron chi connectivity index (χ2n) is 5.25. The molecule has 1 atom stereocenters. The number of rotatable bonds is 7. The van der Waals surface area contributed by atoms with Crippen LogP contribution in [-0.2, 0) is 4.74 Å². The molecule has 6 heteroatoms. The third-order valence-corrected chi connectivity index (χ3v) is 3.75. The molecule has 1 heterocycles. The van der Waals surface area contributed by atoms with E-state index in [2.05, 4.69) is 0 Å². The first kappa shape index (κ1) is 18.7. The third kappa shape index (κ3) is 4.87. The number of carbonyl (C=O) groups is 1. The van der Waals surface area contributed by atoms with Crippen LogP contribution in [0.15, 0.2) is 24.3 Å². The van der Waals surface area contributed by atoms with Gasteiger partial charge < -0.3 is 20.1 Å². The first-order valence-corrected chi connectivity index (χ1v) is 7.49. The Kier molecular flexibility index (Phi) is 8.24. The summed E-state index contributed by atoms with van der Waals surface area (Å²) in [6.07, 6.45) is 2.85. The van der Waals surface area contributed by atoms with Gasteiger partial charge in [-0.25, -0.2) is 0 Å². The van der Waals surface area contributed by atoms with Gasteiger partial charge >= 0.3 is 0 Å². The van der Waals surface area contributed by atoms with Gasteiger partial charge in [0, 0.05) is 44.8 Å². The Morgan fingerprint density at radius 3 is 2.95 bits per heavy atom. The SMILES string of the molecule is COCCCOc1cccc(C(=O)N2CCCC2CN)c1.Cl. The smallest absolute Gasteiger partial charge is 0.254 e. The minimum Gasteiger partial charge on any atom is -0.493 e. The van der Waals surface area contributed by atoms with Crippen molar-refractivity contribution in [3.05, 3.63) is 29.8 Å². The van der Waals surface area contributed by atoms with Gasteiger partial charge in [-0.3, -0.25) is 4.79 Å². The Labute approximate surface area is 138 Å². The zero-order chi connectivity index (χ0) is 15.1. The molecule has 1 fully saturated rings. The van der Waals surface area contributed by atoms with Gasteiger partial charge in [0.2, 0.25) is 0 Å². The van der Waals surface area contributed by atoms with E-state index in [9.17, 15) is 4.79 Å². The number of hydrogen-bond acceptors (Lipinski definition) is 4. The van der Waals surface area contributed by atoms with E-state index in [0.717, 1.165) is 31.6 Å². The van der Waals surface area contributed by atoms with Crippen molar-refractivity contribution in [1.82, 2.24) is 4.90 Å². The fourth-order valence-electron chi connectivity index (χ4n) is 2.63. The summed E-state index contributed by atoms with van der Waals surface area (Å²) >= 11 is 0. The molecule has 1 aromatic carbocycles. The van der Waals surface area contributed by atoms with Crippen LogP contribution in [0.3, 0.4) is 0 Å². The van der Waals surface area contributed by atoms with Crippen LogP contribution in [0.5, 0.6) is 5.75 Å². The zero-order valence-corrected chi connectivity index (χ0v) is 13.8. The van der Waals surface area contributed by atoms with Gasteiger partial charge in [-0.1, -0.05) is 6.07 Å². The largest absolute Gasteiger partial charge is 0.493 e. The lowest BCUT2D eigenvalue weighted by Crippen LogP contribution is -2.39. The van der Waals surface area contributed by atoms with Crippen molar-refractivity contribution < 1.29 is 14.3 Å². The van der Waals surface area contributed by atoms with Gasteiger partial charge in [0.15, 0.2) is 0 Å². The molecule has 1 aromatic rings. The number of amides is 1. The van der Waals surface area contributed by atoms with Crippen molar-refractivity contribution in [3.63, 3.8) is 0 Å². The fourth-order valence-corrected chi connectivity index (χ4v) is 2.63. The minimum atomic E-state index is 0. The standard InChI is InChI=1S/C16H24N2O3.ClH/c1-20-9-4-10-21-15-7-2-5-13(11-15)16(19)18-8-3-6-14(18)12-17;/h2,5,7,11,14H,3-4,6,8-10,12,17H2,1H3;1H. The van der Waals surface area contributed by atoms with E-state index in [4.69, 9.17) is 15.2 Å². The molecule has 0 saturated carbocycles. The lowest BCUT2D eigenvalue weighted by atomic mass is 10.1. The summed E-state index contributed by atoms with van der Waals surface area (Å²) in [6.45, 7) is 2.57. The average Bonchev–Trinajstić information content (AvgIpc) is 2.99. The van der Waals surface area contributed by atoms with Crippen LogP contribution < -0.4 is 10.5 Å². The number of ether oxygens (including phenoxy) is 2. The normalized spacial score (nSPS) is 17.2. The Balaban J connectivity index is 0.00000242. The van der Waals surface area contributed by atoms with Crippen molar-refractivity contribution in [1.29, 1.82) is 0 Å². The van der Waals surface area contributed by atoms with Gasteiger partial charge in [-0.05, 0) is 31.0 Å². The second-order valence-corrected chi connectivity index (χ2v) is 5.25. The summed E-state index contributed by atoms with van der Waals surface area (Å²) < 4.78 is 10.6. The zero-order valence-electron chi connectivity index (χ0n) is 13.0. The fraction of sp³-hybridized carbons (Fsp3) is 0.562. The molecule has 124 valence electrons. The predicted octanol–water partition coefficient (Wildman–Crippen LogP) is 2.09. The quantitative estimate of drug-likeness (QED) is 0.778. The molecular formula is C16H25ClN2O3. The predicted molar refractivity (Wildman–Crippen MR) is 88.8 cm³/mol. The van der Waals surface area contributed by atoms with Crippen molar-refractivity contribution in [3.8, 4) is 5.75 Å². The Hall–Kier alpha value is -1.30. The number of methoxy groups -OCH3 is 1. The second kappa shape index (κ2) is 9.66. The number of halogens is 1. The summed E-state index contributed by atoms with van der Waals surface area (Å²) in [5, 5.41) is 0. The molecule has 22 heavy (non-hydrogen) atoms. The van der Waals surface area contributed by atoms with Gasteiger partial charge in [-0.2, -0.15) is 0 Å². The number of nitrogens with zero attached hydrogens (tertiary/aromatic N) is 1. The van der Waals surface area contributed by atoms with E-state index in [1.165, 1.54) is 0 Å². The van der Waals surface area contributed by atoms with Crippen molar-refractivity contribution in [2.75, 3.05) is 33.4 Å². The van der Waals surface area contributed by atoms with Crippen molar-refractivity contribution in [2.45, 2.75) is 25.3 Å². The van der Waals surface area contributed by atoms with Gasteiger partial charge in [-0.15, -0.1) is 12.4 Å². The molecule has 1 aliphatic rings. The molecule has 0 bridgehead atoms. The summed E-state index contributed by atoms with van der Waals surface area (Å²) in [4.78, 5) is 14.4. The Bertz CT molecular complexity index is 470. The lowest BCUT2D eigenvalue weighted by Gasteiger charge is -2.23. The monoisotopic (exact) mass is 328 g/mol. The minimum absolute atomic E-state index is 0. The van der Waals surface area contributed by atoms with E-state index in [0.29, 0.717) is 25.3 Å². The highest BCUT2D eigenvalue weighted by Crippen LogP contribution is 2.21. The summed E-state index contributed by atoms with van der Waals surface area (Å²) in [7, 11) is 1.67. The molecule has 5 nitrogen and oxygen atoms in total. The van der Waals surface area contributed by atoms with E-state index < -0.39 is 0 Å². The first-order chi connectivity index (χ1) is 10.3.